The van der Waals surface area contributed by atoms with Crippen molar-refractivity contribution in [1.29, 1.82) is 0 Å². The van der Waals surface area contributed by atoms with Crippen molar-refractivity contribution in [2.24, 2.45) is 0 Å². The summed E-state index contributed by atoms with van der Waals surface area (Å²) >= 11 is 0. The van der Waals surface area contributed by atoms with Crippen molar-refractivity contribution in [3.63, 3.8) is 0 Å². The first-order valence-electron chi connectivity index (χ1n) is 13.8. The van der Waals surface area contributed by atoms with E-state index in [0.29, 0.717) is 24.4 Å². The summed E-state index contributed by atoms with van der Waals surface area (Å²) in [5, 5.41) is 18.0. The lowest BCUT2D eigenvalue weighted by molar-refractivity contribution is 0.0319. The molecule has 2 fully saturated rings. The lowest BCUT2D eigenvalue weighted by Gasteiger charge is -2.24. The Kier molecular flexibility index (Phi) is 7.64. The van der Waals surface area contributed by atoms with E-state index in [0.717, 1.165) is 48.2 Å². The number of aliphatic hydroxyl groups is 1. The Morgan fingerprint density at radius 1 is 1.15 bits per heavy atom. The van der Waals surface area contributed by atoms with Gasteiger partial charge in [0.15, 0.2) is 0 Å². The van der Waals surface area contributed by atoms with E-state index in [2.05, 4.69) is 30.1 Å². The van der Waals surface area contributed by atoms with Crippen molar-refractivity contribution in [3.8, 4) is 0 Å². The molecule has 0 radical (unpaired) electrons. The monoisotopic (exact) mass is 536 g/mol. The molecule has 3 aromatic heterocycles. The van der Waals surface area contributed by atoms with Gasteiger partial charge in [-0.1, -0.05) is 12.8 Å². The van der Waals surface area contributed by atoms with Gasteiger partial charge in [-0.25, -0.2) is 14.8 Å². The Labute approximate surface area is 229 Å². The molecule has 210 valence electrons. The summed E-state index contributed by atoms with van der Waals surface area (Å²) in [5.41, 5.74) is 2.15. The number of fused-ring (bicyclic) bond motifs is 1. The van der Waals surface area contributed by atoms with Crippen LogP contribution in [0.4, 0.5) is 22.2 Å². The summed E-state index contributed by atoms with van der Waals surface area (Å²) in [6.07, 6.45) is 7.91. The molecule has 1 amide bonds. The lowest BCUT2D eigenvalue weighted by atomic mass is 10.2. The van der Waals surface area contributed by atoms with Gasteiger partial charge < -0.3 is 29.9 Å². The summed E-state index contributed by atoms with van der Waals surface area (Å²) in [6.45, 7) is 7.11. The van der Waals surface area contributed by atoms with Crippen molar-refractivity contribution in [3.05, 3.63) is 36.3 Å². The first-order valence-corrected chi connectivity index (χ1v) is 13.8. The van der Waals surface area contributed by atoms with Gasteiger partial charge >= 0.3 is 6.09 Å². The summed E-state index contributed by atoms with van der Waals surface area (Å²) in [5.74, 6) is 1.11. The summed E-state index contributed by atoms with van der Waals surface area (Å²) < 4.78 is 7.58. The number of nitrogens with zero attached hydrogens (tertiary/aromatic N) is 6. The standard InChI is InChI=1S/C28H40N8O3/c1-28(2,3)39-27(38)31-19-12-13-35(17-19)21-10-11-23(29-16-21)32-26-30-15-18-14-22(25(37)34(4)5)36(24(18)33-26)20-8-6-7-9-20/h10-11,14-16,19-20,25,37H,6-9,12-13,17H2,1-5H3,(H,31,38)(H,29,30,32,33). The normalized spacial score (nSPS) is 19.2. The van der Waals surface area contributed by atoms with E-state index in [-0.39, 0.29) is 12.1 Å². The molecule has 0 spiro atoms. The highest BCUT2D eigenvalue weighted by molar-refractivity contribution is 5.78. The fraction of sp³-hybridized carbons (Fsp3) is 0.571. The molecule has 3 aromatic rings. The zero-order valence-electron chi connectivity index (χ0n) is 23.5. The van der Waals surface area contributed by atoms with Gasteiger partial charge in [0.2, 0.25) is 5.95 Å². The highest BCUT2D eigenvalue weighted by atomic mass is 16.6. The van der Waals surface area contributed by atoms with E-state index in [1.165, 1.54) is 12.8 Å². The molecule has 2 atom stereocenters. The van der Waals surface area contributed by atoms with E-state index < -0.39 is 11.8 Å². The number of ether oxygens (including phenoxy) is 1. The lowest BCUT2D eigenvalue weighted by Crippen LogP contribution is -2.40. The van der Waals surface area contributed by atoms with Crippen LogP contribution >= 0.6 is 0 Å². The van der Waals surface area contributed by atoms with Crippen LogP contribution in [0.15, 0.2) is 30.6 Å². The molecule has 2 aliphatic rings. The fourth-order valence-electron chi connectivity index (χ4n) is 5.45. The fourth-order valence-corrected chi connectivity index (χ4v) is 5.45. The molecule has 11 nitrogen and oxygen atoms in total. The van der Waals surface area contributed by atoms with Crippen LogP contribution in [0.3, 0.4) is 0 Å². The number of alkyl carbamates (subject to hydrolysis) is 1. The summed E-state index contributed by atoms with van der Waals surface area (Å²) in [7, 11) is 3.74. The Balaban J connectivity index is 1.28. The number of aromatic nitrogens is 4. The highest BCUT2D eigenvalue weighted by Gasteiger charge is 2.28. The molecule has 1 saturated heterocycles. The number of nitrogens with one attached hydrogen (secondary N) is 2. The van der Waals surface area contributed by atoms with Gasteiger partial charge in [-0.2, -0.15) is 4.98 Å². The number of hydrogen-bond donors (Lipinski definition) is 3. The molecular formula is C28H40N8O3. The minimum absolute atomic E-state index is 0.0322. The third kappa shape index (κ3) is 6.25. The maximum absolute atomic E-state index is 12.1. The van der Waals surface area contributed by atoms with Gasteiger partial charge in [0.1, 0.15) is 23.3 Å². The predicted molar refractivity (Wildman–Crippen MR) is 151 cm³/mol. The van der Waals surface area contributed by atoms with Crippen molar-refractivity contribution in [2.45, 2.75) is 76.8 Å². The molecule has 4 heterocycles. The quantitative estimate of drug-likeness (QED) is 0.379. The van der Waals surface area contributed by atoms with Gasteiger partial charge in [-0.3, -0.25) is 4.90 Å². The Bertz CT molecular complexity index is 1290. The van der Waals surface area contributed by atoms with Crippen molar-refractivity contribution >= 4 is 34.6 Å². The molecule has 3 N–H and O–H groups in total. The largest absolute Gasteiger partial charge is 0.444 e. The van der Waals surface area contributed by atoms with Gasteiger partial charge in [-0.05, 0) is 72.3 Å². The number of aliphatic hydroxyl groups excluding tert-OH is 1. The van der Waals surface area contributed by atoms with Gasteiger partial charge in [0.05, 0.1) is 23.6 Å². The summed E-state index contributed by atoms with van der Waals surface area (Å²) in [6, 6.07) is 6.27. The van der Waals surface area contributed by atoms with E-state index in [1.807, 2.05) is 59.3 Å². The number of carbonyl (C=O) groups is 1. The first-order chi connectivity index (χ1) is 18.6. The minimum atomic E-state index is -0.713. The van der Waals surface area contributed by atoms with Crippen LogP contribution in [0.5, 0.6) is 0 Å². The summed E-state index contributed by atoms with van der Waals surface area (Å²) in [4.78, 5) is 30.1. The van der Waals surface area contributed by atoms with Crippen molar-refractivity contribution in [2.75, 3.05) is 37.4 Å². The van der Waals surface area contributed by atoms with Gasteiger partial charge in [0.25, 0.3) is 0 Å². The average molecular weight is 537 g/mol. The third-order valence-corrected chi connectivity index (χ3v) is 7.31. The molecule has 11 heteroatoms. The van der Waals surface area contributed by atoms with Gasteiger partial charge in [0, 0.05) is 30.7 Å². The molecule has 2 unspecified atom stereocenters. The van der Waals surface area contributed by atoms with Crippen molar-refractivity contribution in [1.82, 2.24) is 29.7 Å². The van der Waals surface area contributed by atoms with Crippen LogP contribution in [-0.2, 0) is 4.74 Å². The van der Waals surface area contributed by atoms with E-state index in [4.69, 9.17) is 9.72 Å². The number of carbonyl (C=O) groups excluding carboxylic acids is 1. The zero-order chi connectivity index (χ0) is 27.7. The van der Waals surface area contributed by atoms with Crippen molar-refractivity contribution < 1.29 is 14.6 Å². The number of amides is 1. The molecule has 1 aliphatic carbocycles. The highest BCUT2D eigenvalue weighted by Crippen LogP contribution is 2.36. The van der Waals surface area contributed by atoms with Gasteiger partial charge in [-0.15, -0.1) is 0 Å². The topological polar surface area (TPSA) is 121 Å². The maximum atomic E-state index is 12.1. The van der Waals surface area contributed by atoms with Crippen LogP contribution in [-0.4, -0.2) is 74.4 Å². The smallest absolute Gasteiger partial charge is 0.407 e. The maximum Gasteiger partial charge on any atom is 0.407 e. The second-order valence-corrected chi connectivity index (χ2v) is 11.8. The Morgan fingerprint density at radius 3 is 2.59 bits per heavy atom. The second kappa shape index (κ2) is 11.0. The molecule has 5 rings (SSSR count). The van der Waals surface area contributed by atoms with Crippen LogP contribution < -0.4 is 15.5 Å². The third-order valence-electron chi connectivity index (χ3n) is 7.31. The zero-order valence-corrected chi connectivity index (χ0v) is 23.5. The first kappa shape index (κ1) is 27.1. The van der Waals surface area contributed by atoms with E-state index in [9.17, 15) is 9.90 Å². The molecule has 1 aliphatic heterocycles. The Hall–Kier alpha value is -3.44. The van der Waals surface area contributed by atoms with Crippen LogP contribution in [0, 0.1) is 0 Å². The minimum Gasteiger partial charge on any atom is -0.444 e. The van der Waals surface area contributed by atoms with Crippen LogP contribution in [0.2, 0.25) is 0 Å². The number of anilines is 3. The SMILES string of the molecule is CN(C)C(O)c1cc2cnc(Nc3ccc(N4CCC(NC(=O)OC(C)(C)C)C4)cn3)nc2n1C1CCCC1. The molecule has 39 heavy (non-hydrogen) atoms. The van der Waals surface area contributed by atoms with E-state index in [1.54, 1.807) is 11.1 Å². The molecule has 0 bridgehead atoms. The number of hydrogen-bond acceptors (Lipinski definition) is 9. The average Bonchev–Trinajstić information content (AvgIpc) is 3.62. The van der Waals surface area contributed by atoms with E-state index >= 15 is 0 Å². The second-order valence-electron chi connectivity index (χ2n) is 11.8. The Morgan fingerprint density at radius 2 is 1.92 bits per heavy atom. The van der Waals surface area contributed by atoms with Crippen LogP contribution in [0.25, 0.3) is 11.0 Å². The van der Waals surface area contributed by atoms with Crippen LogP contribution in [0.1, 0.15) is 70.8 Å². The molecule has 1 saturated carbocycles. The molecule has 0 aromatic carbocycles. The predicted octanol–water partition coefficient (Wildman–Crippen LogP) is 4.34. The molecular weight excluding hydrogens is 496 g/mol. The number of pyridine rings is 1. The number of rotatable bonds is 7.